The van der Waals surface area contributed by atoms with Crippen LogP contribution in [-0.2, 0) is 0 Å². The Morgan fingerprint density at radius 2 is 1.95 bits per heavy atom. The number of hydrogen-bond acceptors (Lipinski definition) is 3. The topological polar surface area (TPSA) is 42.1 Å². The smallest absolute Gasteiger partial charge is 0.0722 e. The molecule has 3 rings (SSSR count). The van der Waals surface area contributed by atoms with E-state index in [9.17, 15) is 0 Å². The first-order valence-corrected chi connectivity index (χ1v) is 7.01. The van der Waals surface area contributed by atoms with Crippen LogP contribution in [0.15, 0.2) is 36.5 Å². The van der Waals surface area contributed by atoms with Gasteiger partial charge in [0.25, 0.3) is 0 Å². The molecule has 2 N–H and O–H groups in total. The predicted octanol–water partition coefficient (Wildman–Crippen LogP) is 2.80. The highest BCUT2D eigenvalue weighted by molar-refractivity contribution is 5.91. The minimum atomic E-state index is 0.319. The number of aromatic nitrogens is 1. The lowest BCUT2D eigenvalue weighted by Crippen LogP contribution is -2.42. The van der Waals surface area contributed by atoms with E-state index in [4.69, 9.17) is 5.73 Å². The minimum Gasteiger partial charge on any atom is -0.371 e. The maximum absolute atomic E-state index is 5.88. The Labute approximate surface area is 114 Å². The molecule has 3 heteroatoms. The molecule has 0 aliphatic carbocycles. The molecule has 0 atom stereocenters. The number of pyridine rings is 1. The third kappa shape index (κ3) is 2.30. The van der Waals surface area contributed by atoms with Gasteiger partial charge in [0.05, 0.1) is 5.52 Å². The summed E-state index contributed by atoms with van der Waals surface area (Å²) in [6, 6.07) is 10.5. The molecule has 1 aromatic heterocycles. The van der Waals surface area contributed by atoms with Crippen LogP contribution >= 0.6 is 0 Å². The third-order valence-corrected chi connectivity index (χ3v) is 4.43. The van der Waals surface area contributed by atoms with E-state index in [2.05, 4.69) is 41.1 Å². The summed E-state index contributed by atoms with van der Waals surface area (Å²) in [4.78, 5) is 6.91. The highest BCUT2D eigenvalue weighted by Gasteiger charge is 2.29. The fourth-order valence-electron chi connectivity index (χ4n) is 2.85. The molecule has 1 aliphatic heterocycles. The Morgan fingerprint density at radius 1 is 1.21 bits per heavy atom. The largest absolute Gasteiger partial charge is 0.371 e. The summed E-state index contributed by atoms with van der Waals surface area (Å²) in [5, 5.41) is 1.25. The lowest BCUT2D eigenvalue weighted by molar-refractivity contribution is 0.258. The van der Waals surface area contributed by atoms with E-state index in [1.807, 2.05) is 12.3 Å². The zero-order valence-corrected chi connectivity index (χ0v) is 11.5. The van der Waals surface area contributed by atoms with Gasteiger partial charge in [-0.2, -0.15) is 0 Å². The van der Waals surface area contributed by atoms with E-state index >= 15 is 0 Å². The van der Waals surface area contributed by atoms with Gasteiger partial charge in [0.15, 0.2) is 0 Å². The van der Waals surface area contributed by atoms with Crippen molar-refractivity contribution >= 4 is 16.6 Å². The van der Waals surface area contributed by atoms with Gasteiger partial charge in [-0.25, -0.2) is 0 Å². The average molecular weight is 255 g/mol. The number of rotatable bonds is 2. The molecule has 1 aliphatic rings. The van der Waals surface area contributed by atoms with Crippen LogP contribution in [0.2, 0.25) is 0 Å². The predicted molar refractivity (Wildman–Crippen MR) is 80.4 cm³/mol. The van der Waals surface area contributed by atoms with Crippen LogP contribution < -0.4 is 10.6 Å². The summed E-state index contributed by atoms with van der Waals surface area (Å²) in [6.45, 7) is 5.26. The Kier molecular flexibility index (Phi) is 3.15. The van der Waals surface area contributed by atoms with Gasteiger partial charge in [-0.3, -0.25) is 4.98 Å². The van der Waals surface area contributed by atoms with E-state index < -0.39 is 0 Å². The summed E-state index contributed by atoms with van der Waals surface area (Å²) < 4.78 is 0. The minimum absolute atomic E-state index is 0.319. The van der Waals surface area contributed by atoms with E-state index in [-0.39, 0.29) is 0 Å². The Balaban J connectivity index is 1.90. The summed E-state index contributed by atoms with van der Waals surface area (Å²) in [6.07, 6.45) is 4.24. The highest BCUT2D eigenvalue weighted by atomic mass is 15.1. The van der Waals surface area contributed by atoms with Gasteiger partial charge in [0.1, 0.15) is 0 Å². The number of hydrogen-bond donors (Lipinski definition) is 1. The van der Waals surface area contributed by atoms with Crippen LogP contribution in [-0.4, -0.2) is 24.6 Å². The molecule has 0 unspecified atom stereocenters. The van der Waals surface area contributed by atoms with E-state index in [1.54, 1.807) is 0 Å². The lowest BCUT2D eigenvalue weighted by atomic mass is 9.80. The maximum atomic E-state index is 5.88. The fourth-order valence-corrected chi connectivity index (χ4v) is 2.85. The van der Waals surface area contributed by atoms with Crippen molar-refractivity contribution in [3.8, 4) is 0 Å². The first-order valence-electron chi connectivity index (χ1n) is 7.01. The van der Waals surface area contributed by atoms with Gasteiger partial charge in [0.2, 0.25) is 0 Å². The SMILES string of the molecule is CC1(CN)CCN(c2ccnc3ccccc23)CC1. The second kappa shape index (κ2) is 4.82. The van der Waals surface area contributed by atoms with Gasteiger partial charge in [0, 0.05) is 30.4 Å². The molecular weight excluding hydrogens is 234 g/mol. The van der Waals surface area contributed by atoms with Crippen LogP contribution in [0.25, 0.3) is 10.9 Å². The molecule has 0 spiro atoms. The zero-order valence-electron chi connectivity index (χ0n) is 11.5. The van der Waals surface area contributed by atoms with Gasteiger partial charge < -0.3 is 10.6 Å². The fraction of sp³-hybridized carbons (Fsp3) is 0.438. The zero-order chi connectivity index (χ0) is 13.3. The third-order valence-electron chi connectivity index (χ3n) is 4.43. The number of nitrogens with two attached hydrogens (primary N) is 1. The second-order valence-electron chi connectivity index (χ2n) is 5.85. The molecule has 1 fully saturated rings. The quantitative estimate of drug-likeness (QED) is 0.897. The Morgan fingerprint density at radius 3 is 2.68 bits per heavy atom. The number of nitrogens with zero attached hydrogens (tertiary/aromatic N) is 2. The van der Waals surface area contributed by atoms with Crippen molar-refractivity contribution in [2.75, 3.05) is 24.5 Å². The van der Waals surface area contributed by atoms with Crippen LogP contribution in [0.5, 0.6) is 0 Å². The van der Waals surface area contributed by atoms with Crippen molar-refractivity contribution in [2.45, 2.75) is 19.8 Å². The standard InChI is InChI=1S/C16H21N3/c1-16(12-17)7-10-19(11-8-16)15-6-9-18-14-5-3-2-4-13(14)15/h2-6,9H,7-8,10-12,17H2,1H3. The molecule has 0 amide bonds. The maximum Gasteiger partial charge on any atom is 0.0722 e. The van der Waals surface area contributed by atoms with Gasteiger partial charge >= 0.3 is 0 Å². The molecule has 0 radical (unpaired) electrons. The van der Waals surface area contributed by atoms with Crippen molar-refractivity contribution < 1.29 is 0 Å². The summed E-state index contributed by atoms with van der Waals surface area (Å²) >= 11 is 0. The molecule has 2 aromatic rings. The van der Waals surface area contributed by atoms with E-state index in [0.717, 1.165) is 25.2 Å². The van der Waals surface area contributed by atoms with Gasteiger partial charge in [-0.15, -0.1) is 0 Å². The number of benzene rings is 1. The molecule has 3 nitrogen and oxygen atoms in total. The van der Waals surface area contributed by atoms with Crippen molar-refractivity contribution in [2.24, 2.45) is 11.1 Å². The van der Waals surface area contributed by atoms with Crippen molar-refractivity contribution in [1.29, 1.82) is 0 Å². The second-order valence-corrected chi connectivity index (χ2v) is 5.85. The molecule has 100 valence electrons. The Hall–Kier alpha value is -1.61. The molecule has 1 saturated heterocycles. The summed E-state index contributed by atoms with van der Waals surface area (Å²) in [7, 11) is 0. The van der Waals surface area contributed by atoms with Crippen LogP contribution in [0.3, 0.4) is 0 Å². The summed E-state index contributed by atoms with van der Waals surface area (Å²) in [5.74, 6) is 0. The average Bonchev–Trinajstić information content (AvgIpc) is 2.48. The molecule has 2 heterocycles. The van der Waals surface area contributed by atoms with Crippen LogP contribution in [0, 0.1) is 5.41 Å². The van der Waals surface area contributed by atoms with Crippen LogP contribution in [0.4, 0.5) is 5.69 Å². The number of piperidine rings is 1. The van der Waals surface area contributed by atoms with E-state index in [1.165, 1.54) is 23.9 Å². The first kappa shape index (κ1) is 12.4. The summed E-state index contributed by atoms with van der Waals surface area (Å²) in [5.41, 5.74) is 8.59. The van der Waals surface area contributed by atoms with E-state index in [0.29, 0.717) is 5.41 Å². The van der Waals surface area contributed by atoms with Gasteiger partial charge in [-0.1, -0.05) is 25.1 Å². The van der Waals surface area contributed by atoms with Crippen molar-refractivity contribution in [3.05, 3.63) is 36.5 Å². The monoisotopic (exact) mass is 255 g/mol. The first-order chi connectivity index (χ1) is 9.22. The van der Waals surface area contributed by atoms with Crippen molar-refractivity contribution in [1.82, 2.24) is 4.98 Å². The number of anilines is 1. The number of fused-ring (bicyclic) bond motifs is 1. The van der Waals surface area contributed by atoms with Crippen LogP contribution in [0.1, 0.15) is 19.8 Å². The number of para-hydroxylation sites is 1. The normalized spacial score (nSPS) is 18.7. The molecular formula is C16H21N3. The molecule has 1 aromatic carbocycles. The molecule has 0 saturated carbocycles. The van der Waals surface area contributed by atoms with Crippen molar-refractivity contribution in [3.63, 3.8) is 0 Å². The Bertz CT molecular complexity index is 566. The van der Waals surface area contributed by atoms with Gasteiger partial charge in [-0.05, 0) is 36.9 Å². The highest BCUT2D eigenvalue weighted by Crippen LogP contribution is 2.34. The lowest BCUT2D eigenvalue weighted by Gasteiger charge is -2.40. The molecule has 0 bridgehead atoms. The molecule has 19 heavy (non-hydrogen) atoms.